The number of benzene rings is 1. The van der Waals surface area contributed by atoms with E-state index in [0.717, 1.165) is 15.0 Å². The number of hydrogen-bond donors (Lipinski definition) is 1. The third-order valence-electron chi connectivity index (χ3n) is 3.20. The molecule has 2 rings (SSSR count). The van der Waals surface area contributed by atoms with Crippen molar-refractivity contribution in [2.75, 3.05) is 25.2 Å². The highest BCUT2D eigenvalue weighted by Crippen LogP contribution is 2.26. The van der Waals surface area contributed by atoms with E-state index in [4.69, 9.17) is 0 Å². The van der Waals surface area contributed by atoms with Crippen LogP contribution in [0.25, 0.3) is 0 Å². The molecule has 21 heavy (non-hydrogen) atoms. The van der Waals surface area contributed by atoms with Crippen LogP contribution in [0.5, 0.6) is 0 Å². The zero-order chi connectivity index (χ0) is 15.2. The number of nitrogens with one attached hydrogen (secondary N) is 1. The fourth-order valence-corrected chi connectivity index (χ4v) is 3.39. The van der Waals surface area contributed by atoms with Crippen LogP contribution in [-0.2, 0) is 4.79 Å². The molecule has 7 heteroatoms. The number of thioether (sulfide) groups is 1. The Morgan fingerprint density at radius 2 is 2.10 bits per heavy atom. The highest BCUT2D eigenvalue weighted by molar-refractivity contribution is 8.01. The van der Waals surface area contributed by atoms with Gasteiger partial charge in [0.25, 0.3) is 0 Å². The summed E-state index contributed by atoms with van der Waals surface area (Å²) in [6, 6.07) is 10.1. The smallest absolute Gasteiger partial charge is 0.233 e. The Labute approximate surface area is 132 Å². The van der Waals surface area contributed by atoms with Gasteiger partial charge < -0.3 is 10.2 Å². The molecule has 1 atom stereocenters. The van der Waals surface area contributed by atoms with Gasteiger partial charge in [0.2, 0.25) is 11.0 Å². The second-order valence-electron chi connectivity index (χ2n) is 4.50. The average Bonchev–Trinajstić information content (AvgIpc) is 3.00. The number of carbonyl (C=O) groups is 1. The van der Waals surface area contributed by atoms with E-state index < -0.39 is 0 Å². The fraction of sp³-hybridized carbons (Fsp3) is 0.357. The lowest BCUT2D eigenvalue weighted by molar-refractivity contribution is -0.128. The van der Waals surface area contributed by atoms with Crippen LogP contribution >= 0.6 is 23.1 Å². The normalized spacial score (nSPS) is 12.0. The van der Waals surface area contributed by atoms with Gasteiger partial charge in [-0.15, -0.1) is 10.2 Å². The Morgan fingerprint density at radius 1 is 1.38 bits per heavy atom. The number of amides is 1. The lowest BCUT2D eigenvalue weighted by Crippen LogP contribution is -2.31. The quantitative estimate of drug-likeness (QED) is 0.829. The van der Waals surface area contributed by atoms with Crippen molar-refractivity contribution in [1.82, 2.24) is 15.1 Å². The molecule has 0 radical (unpaired) electrons. The number of carbonyl (C=O) groups excluding carboxylic acids is 1. The molecule has 1 heterocycles. The fourth-order valence-electron chi connectivity index (χ4n) is 1.77. The summed E-state index contributed by atoms with van der Waals surface area (Å²) in [5.41, 5.74) is 1.13. The number of nitrogens with zero attached hydrogens (tertiary/aromatic N) is 3. The molecule has 0 saturated heterocycles. The van der Waals surface area contributed by atoms with Crippen LogP contribution in [0.2, 0.25) is 0 Å². The van der Waals surface area contributed by atoms with Crippen LogP contribution in [0.4, 0.5) is 5.13 Å². The molecular formula is C14H18N4OS2. The minimum Gasteiger partial charge on any atom is -0.363 e. The molecule has 0 fully saturated rings. The molecule has 2 aromatic rings. The predicted molar refractivity (Wildman–Crippen MR) is 87.8 cm³/mol. The number of rotatable bonds is 6. The van der Waals surface area contributed by atoms with Crippen molar-refractivity contribution < 1.29 is 4.79 Å². The van der Waals surface area contributed by atoms with E-state index in [9.17, 15) is 4.79 Å². The van der Waals surface area contributed by atoms with Crippen molar-refractivity contribution in [3.63, 3.8) is 0 Å². The first-order valence-corrected chi connectivity index (χ1v) is 8.36. The maximum atomic E-state index is 12.3. The summed E-state index contributed by atoms with van der Waals surface area (Å²) in [6.45, 7) is 2.03. The summed E-state index contributed by atoms with van der Waals surface area (Å²) in [5, 5.41) is 11.7. The van der Waals surface area contributed by atoms with Crippen LogP contribution in [0, 0.1) is 0 Å². The van der Waals surface area contributed by atoms with Crippen LogP contribution < -0.4 is 5.32 Å². The Hall–Kier alpha value is -1.60. The van der Waals surface area contributed by atoms with E-state index in [-0.39, 0.29) is 11.9 Å². The van der Waals surface area contributed by atoms with E-state index >= 15 is 0 Å². The van der Waals surface area contributed by atoms with Crippen LogP contribution in [0.15, 0.2) is 34.7 Å². The molecule has 1 amide bonds. The number of hydrogen-bond acceptors (Lipinski definition) is 6. The molecule has 1 aromatic heterocycles. The first kappa shape index (κ1) is 15.8. The topological polar surface area (TPSA) is 58.1 Å². The molecule has 0 bridgehead atoms. The molecule has 112 valence electrons. The van der Waals surface area contributed by atoms with Gasteiger partial charge in [0.05, 0.1) is 11.8 Å². The van der Waals surface area contributed by atoms with Gasteiger partial charge in [-0.3, -0.25) is 4.79 Å². The maximum Gasteiger partial charge on any atom is 0.233 e. The van der Waals surface area contributed by atoms with E-state index in [1.165, 1.54) is 23.1 Å². The lowest BCUT2D eigenvalue weighted by Gasteiger charge is -2.25. The molecule has 1 N–H and O–H groups in total. The van der Waals surface area contributed by atoms with Gasteiger partial charge in [-0.1, -0.05) is 53.4 Å². The van der Waals surface area contributed by atoms with Crippen molar-refractivity contribution >= 4 is 34.1 Å². The minimum atomic E-state index is 0.0570. The van der Waals surface area contributed by atoms with Gasteiger partial charge in [-0.2, -0.15) is 0 Å². The SMILES string of the molecule is CNc1nnc(SCC(=O)N(C)[C@@H](C)c2ccccc2)s1. The summed E-state index contributed by atoms with van der Waals surface area (Å²) < 4.78 is 0.800. The molecule has 0 unspecified atom stereocenters. The van der Waals surface area contributed by atoms with Crippen LogP contribution in [0.1, 0.15) is 18.5 Å². The minimum absolute atomic E-state index is 0.0570. The molecule has 1 aromatic carbocycles. The molecule has 5 nitrogen and oxygen atoms in total. The van der Waals surface area contributed by atoms with Crippen molar-refractivity contribution in [2.45, 2.75) is 17.3 Å². The van der Waals surface area contributed by atoms with Crippen molar-refractivity contribution in [1.29, 1.82) is 0 Å². The van der Waals surface area contributed by atoms with E-state index in [2.05, 4.69) is 15.5 Å². The van der Waals surface area contributed by atoms with Gasteiger partial charge >= 0.3 is 0 Å². The number of anilines is 1. The van der Waals surface area contributed by atoms with Gasteiger partial charge in [0.1, 0.15) is 0 Å². The lowest BCUT2D eigenvalue weighted by atomic mass is 10.1. The molecule has 0 spiro atoms. The van der Waals surface area contributed by atoms with E-state index in [1.54, 1.807) is 11.9 Å². The third kappa shape index (κ3) is 4.18. The molecule has 0 aliphatic carbocycles. The Balaban J connectivity index is 1.90. The summed E-state index contributed by atoms with van der Waals surface area (Å²) in [6.07, 6.45) is 0. The monoisotopic (exact) mass is 322 g/mol. The van der Waals surface area contributed by atoms with Crippen LogP contribution in [0.3, 0.4) is 0 Å². The zero-order valence-electron chi connectivity index (χ0n) is 12.2. The molecule has 0 saturated carbocycles. The molecule has 0 aliphatic rings. The second kappa shape index (κ2) is 7.42. The summed E-state index contributed by atoms with van der Waals surface area (Å²) in [4.78, 5) is 14.0. The molecule has 0 aliphatic heterocycles. The summed E-state index contributed by atoms with van der Waals surface area (Å²) >= 11 is 2.87. The first-order valence-electron chi connectivity index (χ1n) is 6.56. The van der Waals surface area contributed by atoms with Gasteiger partial charge in [-0.05, 0) is 12.5 Å². The molecular weight excluding hydrogens is 304 g/mol. The van der Waals surface area contributed by atoms with Gasteiger partial charge in [0, 0.05) is 14.1 Å². The highest BCUT2D eigenvalue weighted by Gasteiger charge is 2.18. The van der Waals surface area contributed by atoms with Crippen LogP contribution in [-0.4, -0.2) is 40.9 Å². The van der Waals surface area contributed by atoms with Crippen molar-refractivity contribution in [3.8, 4) is 0 Å². The predicted octanol–water partition coefficient (Wildman–Crippen LogP) is 2.89. The van der Waals surface area contributed by atoms with Crippen molar-refractivity contribution in [2.24, 2.45) is 0 Å². The first-order chi connectivity index (χ1) is 10.1. The Bertz CT molecular complexity index is 588. The van der Waals surface area contributed by atoms with Gasteiger partial charge in [0.15, 0.2) is 4.34 Å². The summed E-state index contributed by atoms with van der Waals surface area (Å²) in [7, 11) is 3.63. The zero-order valence-corrected chi connectivity index (χ0v) is 13.9. The van der Waals surface area contributed by atoms with E-state index in [1.807, 2.05) is 44.3 Å². The maximum absolute atomic E-state index is 12.3. The standard InChI is InChI=1S/C14H18N4OS2/c1-10(11-7-5-4-6-8-11)18(3)12(19)9-20-14-17-16-13(15-2)21-14/h4-8,10H,9H2,1-3H3,(H,15,16)/t10-/m0/s1. The second-order valence-corrected chi connectivity index (χ2v) is 6.70. The Kier molecular flexibility index (Phi) is 5.58. The largest absolute Gasteiger partial charge is 0.363 e. The number of aromatic nitrogens is 2. The third-order valence-corrected chi connectivity index (χ3v) is 5.25. The summed E-state index contributed by atoms with van der Waals surface area (Å²) in [5.74, 6) is 0.448. The Morgan fingerprint density at radius 3 is 2.71 bits per heavy atom. The average molecular weight is 322 g/mol. The van der Waals surface area contributed by atoms with E-state index in [0.29, 0.717) is 5.75 Å². The van der Waals surface area contributed by atoms with Crippen molar-refractivity contribution in [3.05, 3.63) is 35.9 Å². The highest BCUT2D eigenvalue weighted by atomic mass is 32.2. The van der Waals surface area contributed by atoms with Gasteiger partial charge in [-0.25, -0.2) is 0 Å².